The molecular weight excluding hydrogens is 384 g/mol. The normalized spacial score (nSPS) is 15.6. The van der Waals surface area contributed by atoms with Gasteiger partial charge in [-0.1, -0.05) is 42.5 Å². The van der Waals surface area contributed by atoms with Crippen LogP contribution in [0.4, 0.5) is 5.69 Å². The molecule has 1 saturated heterocycles. The summed E-state index contributed by atoms with van der Waals surface area (Å²) >= 11 is 0. The average Bonchev–Trinajstić information content (AvgIpc) is 2.73. The van der Waals surface area contributed by atoms with Crippen LogP contribution in [-0.2, 0) is 10.0 Å². The van der Waals surface area contributed by atoms with Crippen molar-refractivity contribution in [2.75, 3.05) is 38.2 Å². The van der Waals surface area contributed by atoms with Gasteiger partial charge in [0.05, 0.1) is 12.0 Å². The summed E-state index contributed by atoms with van der Waals surface area (Å²) < 4.78 is 33.9. The summed E-state index contributed by atoms with van der Waals surface area (Å²) in [6.45, 7) is 6.51. The Hall–Kier alpha value is -2.57. The number of rotatable bonds is 4. The standard InChI is InChI=1S/C23H26N2O3S/c1-17-7-6-8-18(2)23(17)24-13-15-25(16-14-24)29(26,27)22-12-11-21(28-3)19-9-4-5-10-20(19)22/h4-12H,13-16H2,1-3H3. The van der Waals surface area contributed by atoms with E-state index in [9.17, 15) is 8.42 Å². The fraction of sp³-hybridized carbons (Fsp3) is 0.304. The van der Waals surface area contributed by atoms with Crippen LogP contribution in [0, 0.1) is 13.8 Å². The first kappa shape index (κ1) is 19.7. The SMILES string of the molecule is COc1ccc(S(=O)(=O)N2CCN(c3c(C)cccc3C)CC2)c2ccccc12. The lowest BCUT2D eigenvalue weighted by atomic mass is 10.1. The third kappa shape index (κ3) is 3.47. The van der Waals surface area contributed by atoms with Crippen molar-refractivity contribution in [1.82, 2.24) is 4.31 Å². The molecule has 4 rings (SSSR count). The Balaban J connectivity index is 1.63. The van der Waals surface area contributed by atoms with Gasteiger partial charge in [0.25, 0.3) is 0 Å². The molecule has 0 spiro atoms. The predicted octanol–water partition coefficient (Wildman–Crippen LogP) is 3.98. The number of anilines is 1. The van der Waals surface area contributed by atoms with E-state index < -0.39 is 10.0 Å². The van der Waals surface area contributed by atoms with Crippen molar-refractivity contribution in [3.8, 4) is 5.75 Å². The molecule has 0 amide bonds. The molecule has 0 atom stereocenters. The lowest BCUT2D eigenvalue weighted by Crippen LogP contribution is -2.49. The number of sulfonamides is 1. The number of piperazine rings is 1. The molecule has 1 aliphatic rings. The average molecular weight is 411 g/mol. The molecule has 0 aromatic heterocycles. The molecule has 0 radical (unpaired) electrons. The molecule has 29 heavy (non-hydrogen) atoms. The zero-order chi connectivity index (χ0) is 20.6. The van der Waals surface area contributed by atoms with Crippen LogP contribution in [0.25, 0.3) is 10.8 Å². The maximum atomic E-state index is 13.4. The Bertz CT molecular complexity index is 1130. The number of hydrogen-bond acceptors (Lipinski definition) is 4. The molecule has 3 aromatic carbocycles. The third-order valence-electron chi connectivity index (χ3n) is 5.68. The second-order valence-corrected chi connectivity index (χ2v) is 9.35. The quantitative estimate of drug-likeness (QED) is 0.653. The highest BCUT2D eigenvalue weighted by atomic mass is 32.2. The molecule has 0 N–H and O–H groups in total. The Morgan fingerprint density at radius 2 is 1.41 bits per heavy atom. The fourth-order valence-corrected chi connectivity index (χ4v) is 5.86. The van der Waals surface area contributed by atoms with Gasteiger partial charge in [-0.2, -0.15) is 4.31 Å². The molecule has 5 nitrogen and oxygen atoms in total. The van der Waals surface area contributed by atoms with Gasteiger partial charge in [-0.05, 0) is 37.1 Å². The number of nitrogens with zero attached hydrogens (tertiary/aromatic N) is 2. The van der Waals surface area contributed by atoms with Crippen molar-refractivity contribution in [1.29, 1.82) is 0 Å². The van der Waals surface area contributed by atoms with Crippen molar-refractivity contribution >= 4 is 26.5 Å². The van der Waals surface area contributed by atoms with Crippen LogP contribution in [0.1, 0.15) is 11.1 Å². The summed E-state index contributed by atoms with van der Waals surface area (Å²) in [5.74, 6) is 0.680. The van der Waals surface area contributed by atoms with Crippen molar-refractivity contribution < 1.29 is 13.2 Å². The summed E-state index contributed by atoms with van der Waals surface area (Å²) in [6.07, 6.45) is 0. The number of hydrogen-bond donors (Lipinski definition) is 0. The molecule has 1 heterocycles. The molecule has 1 fully saturated rings. The largest absolute Gasteiger partial charge is 0.496 e. The van der Waals surface area contributed by atoms with Gasteiger partial charge in [-0.25, -0.2) is 8.42 Å². The topological polar surface area (TPSA) is 49.9 Å². The highest BCUT2D eigenvalue weighted by Gasteiger charge is 2.30. The van der Waals surface area contributed by atoms with Crippen molar-refractivity contribution in [2.24, 2.45) is 0 Å². The van der Waals surface area contributed by atoms with E-state index >= 15 is 0 Å². The van der Waals surface area contributed by atoms with Crippen LogP contribution in [-0.4, -0.2) is 46.0 Å². The zero-order valence-electron chi connectivity index (χ0n) is 17.1. The highest BCUT2D eigenvalue weighted by molar-refractivity contribution is 7.89. The summed E-state index contributed by atoms with van der Waals surface area (Å²) in [5, 5.41) is 1.51. The lowest BCUT2D eigenvalue weighted by molar-refractivity contribution is 0.385. The number of aryl methyl sites for hydroxylation is 2. The van der Waals surface area contributed by atoms with Gasteiger partial charge in [0, 0.05) is 42.6 Å². The van der Waals surface area contributed by atoms with E-state index in [1.54, 1.807) is 23.5 Å². The summed E-state index contributed by atoms with van der Waals surface area (Å²) in [5.41, 5.74) is 3.67. The van der Waals surface area contributed by atoms with Gasteiger partial charge in [-0.3, -0.25) is 0 Å². The second-order valence-electron chi connectivity index (χ2n) is 7.44. The summed E-state index contributed by atoms with van der Waals surface area (Å²) in [4.78, 5) is 2.64. The maximum Gasteiger partial charge on any atom is 0.243 e. The minimum atomic E-state index is -3.59. The Morgan fingerprint density at radius 1 is 0.793 bits per heavy atom. The molecule has 0 unspecified atom stereocenters. The van der Waals surface area contributed by atoms with E-state index in [-0.39, 0.29) is 0 Å². The third-order valence-corrected chi connectivity index (χ3v) is 7.63. The second kappa shape index (κ2) is 7.69. The van der Waals surface area contributed by atoms with E-state index in [0.29, 0.717) is 42.2 Å². The highest BCUT2D eigenvalue weighted by Crippen LogP contribution is 2.33. The molecule has 0 saturated carbocycles. The zero-order valence-corrected chi connectivity index (χ0v) is 17.9. The van der Waals surface area contributed by atoms with E-state index in [4.69, 9.17) is 4.74 Å². The summed E-state index contributed by atoms with van der Waals surface area (Å²) in [7, 11) is -1.99. The molecule has 0 aliphatic carbocycles. The van der Waals surface area contributed by atoms with Crippen LogP contribution in [0.15, 0.2) is 59.5 Å². The minimum absolute atomic E-state index is 0.342. The van der Waals surface area contributed by atoms with Crippen LogP contribution in [0.2, 0.25) is 0 Å². The molecule has 152 valence electrons. The number of ether oxygens (including phenoxy) is 1. The molecule has 0 bridgehead atoms. The Labute approximate surface area is 172 Å². The van der Waals surface area contributed by atoms with Crippen LogP contribution in [0.5, 0.6) is 5.75 Å². The van der Waals surface area contributed by atoms with E-state index in [1.165, 1.54) is 16.8 Å². The van der Waals surface area contributed by atoms with Gasteiger partial charge >= 0.3 is 0 Å². The van der Waals surface area contributed by atoms with Crippen molar-refractivity contribution in [3.63, 3.8) is 0 Å². The lowest BCUT2D eigenvalue weighted by Gasteiger charge is -2.37. The first-order valence-corrected chi connectivity index (χ1v) is 11.2. The van der Waals surface area contributed by atoms with Gasteiger partial charge in [0.15, 0.2) is 0 Å². The van der Waals surface area contributed by atoms with Crippen LogP contribution >= 0.6 is 0 Å². The van der Waals surface area contributed by atoms with Gasteiger partial charge in [0.1, 0.15) is 5.75 Å². The molecular formula is C23H26N2O3S. The monoisotopic (exact) mass is 410 g/mol. The fourth-order valence-electron chi connectivity index (χ4n) is 4.24. The van der Waals surface area contributed by atoms with E-state index in [0.717, 1.165) is 5.39 Å². The van der Waals surface area contributed by atoms with Gasteiger partial charge in [-0.15, -0.1) is 0 Å². The molecule has 1 aliphatic heterocycles. The summed E-state index contributed by atoms with van der Waals surface area (Å²) in [6, 6.07) is 17.2. The Kier molecular flexibility index (Phi) is 5.23. The van der Waals surface area contributed by atoms with Crippen LogP contribution < -0.4 is 9.64 Å². The first-order chi connectivity index (χ1) is 13.9. The van der Waals surface area contributed by atoms with Gasteiger partial charge < -0.3 is 9.64 Å². The number of para-hydroxylation sites is 1. The predicted molar refractivity (Wildman–Crippen MR) is 117 cm³/mol. The molecule has 3 aromatic rings. The number of benzene rings is 3. The van der Waals surface area contributed by atoms with E-state index in [2.05, 4.69) is 36.9 Å². The van der Waals surface area contributed by atoms with Gasteiger partial charge in [0.2, 0.25) is 10.0 Å². The van der Waals surface area contributed by atoms with Crippen molar-refractivity contribution in [3.05, 3.63) is 65.7 Å². The smallest absolute Gasteiger partial charge is 0.243 e. The van der Waals surface area contributed by atoms with Crippen molar-refractivity contribution in [2.45, 2.75) is 18.7 Å². The number of methoxy groups -OCH3 is 1. The van der Waals surface area contributed by atoms with Crippen LogP contribution in [0.3, 0.4) is 0 Å². The maximum absolute atomic E-state index is 13.4. The van der Waals surface area contributed by atoms with E-state index in [1.807, 2.05) is 24.3 Å². The number of fused-ring (bicyclic) bond motifs is 1. The first-order valence-electron chi connectivity index (χ1n) is 9.80. The Morgan fingerprint density at radius 3 is 2.03 bits per heavy atom. The minimum Gasteiger partial charge on any atom is -0.496 e. The molecule has 6 heteroatoms.